The van der Waals surface area contributed by atoms with E-state index in [0.29, 0.717) is 24.0 Å². The fourth-order valence-corrected chi connectivity index (χ4v) is 4.38. The molecule has 1 N–H and O–H groups in total. The number of morpholine rings is 1. The first kappa shape index (κ1) is 18.0. The molecule has 3 unspecified atom stereocenters. The summed E-state index contributed by atoms with van der Waals surface area (Å²) in [5.41, 5.74) is 0. The summed E-state index contributed by atoms with van der Waals surface area (Å²) in [6.07, 6.45) is 8.27. The second-order valence-electron chi connectivity index (χ2n) is 7.12. The Morgan fingerprint density at radius 3 is 2.73 bits per heavy atom. The highest BCUT2D eigenvalue weighted by molar-refractivity contribution is 5.85. The molecular weight excluding hydrogens is 300 g/mol. The molecule has 2 saturated heterocycles. The van der Waals surface area contributed by atoms with Gasteiger partial charge in [0.2, 0.25) is 5.91 Å². The SMILES string of the molecule is CC(CC(=O)N1CCOC2CCCCC21)C1CCNCC1.Cl. The topological polar surface area (TPSA) is 41.6 Å². The first-order valence-electron chi connectivity index (χ1n) is 8.87. The second kappa shape index (κ2) is 8.51. The quantitative estimate of drug-likeness (QED) is 0.865. The molecule has 3 rings (SSSR count). The highest BCUT2D eigenvalue weighted by atomic mass is 35.5. The van der Waals surface area contributed by atoms with E-state index in [9.17, 15) is 4.79 Å². The molecule has 128 valence electrons. The molecule has 0 bridgehead atoms. The fraction of sp³-hybridized carbons (Fsp3) is 0.941. The van der Waals surface area contributed by atoms with Crippen LogP contribution in [0.25, 0.3) is 0 Å². The van der Waals surface area contributed by atoms with E-state index >= 15 is 0 Å². The Balaban J connectivity index is 0.00000176. The van der Waals surface area contributed by atoms with Crippen LogP contribution in [0.4, 0.5) is 0 Å². The molecule has 1 amide bonds. The molecule has 3 atom stereocenters. The predicted octanol–water partition coefficient (Wildman–Crippen LogP) is 2.60. The molecule has 0 spiro atoms. The summed E-state index contributed by atoms with van der Waals surface area (Å²) < 4.78 is 5.88. The van der Waals surface area contributed by atoms with Crippen molar-refractivity contribution in [3.8, 4) is 0 Å². The van der Waals surface area contributed by atoms with E-state index in [2.05, 4.69) is 17.1 Å². The lowest BCUT2D eigenvalue weighted by molar-refractivity contribution is -0.150. The van der Waals surface area contributed by atoms with Crippen LogP contribution >= 0.6 is 12.4 Å². The molecule has 4 nitrogen and oxygen atoms in total. The van der Waals surface area contributed by atoms with Gasteiger partial charge in [-0.2, -0.15) is 0 Å². The standard InChI is InChI=1S/C17H30N2O2.ClH/c1-13(14-6-8-18-9-7-14)12-17(20)19-10-11-21-16-5-3-2-4-15(16)19;/h13-16,18H,2-12H2,1H3;1H. The molecule has 5 heteroatoms. The van der Waals surface area contributed by atoms with Crippen molar-refractivity contribution in [2.45, 2.75) is 64.0 Å². The van der Waals surface area contributed by atoms with Gasteiger partial charge in [0.05, 0.1) is 18.8 Å². The zero-order valence-electron chi connectivity index (χ0n) is 13.8. The second-order valence-corrected chi connectivity index (χ2v) is 7.12. The van der Waals surface area contributed by atoms with Crippen LogP contribution in [0, 0.1) is 11.8 Å². The number of hydrogen-bond donors (Lipinski definition) is 1. The van der Waals surface area contributed by atoms with Gasteiger partial charge in [-0.15, -0.1) is 12.4 Å². The monoisotopic (exact) mass is 330 g/mol. The van der Waals surface area contributed by atoms with Crippen LogP contribution in [0.2, 0.25) is 0 Å². The molecule has 2 heterocycles. The van der Waals surface area contributed by atoms with Crippen LogP contribution in [0.5, 0.6) is 0 Å². The first-order chi connectivity index (χ1) is 10.3. The van der Waals surface area contributed by atoms with Crippen LogP contribution in [0.3, 0.4) is 0 Å². The van der Waals surface area contributed by atoms with E-state index in [1.54, 1.807) is 0 Å². The normalized spacial score (nSPS) is 31.0. The molecule has 1 aliphatic carbocycles. The largest absolute Gasteiger partial charge is 0.374 e. The van der Waals surface area contributed by atoms with E-state index in [-0.39, 0.29) is 12.4 Å². The molecule has 0 radical (unpaired) electrons. The first-order valence-corrected chi connectivity index (χ1v) is 8.87. The van der Waals surface area contributed by atoms with Crippen molar-refractivity contribution >= 4 is 18.3 Å². The third kappa shape index (κ3) is 4.15. The minimum atomic E-state index is 0. The van der Waals surface area contributed by atoms with Gasteiger partial charge in [0, 0.05) is 13.0 Å². The van der Waals surface area contributed by atoms with Gasteiger partial charge in [0.25, 0.3) is 0 Å². The molecule has 0 aromatic heterocycles. The number of hydrogen-bond acceptors (Lipinski definition) is 3. The van der Waals surface area contributed by atoms with E-state index in [4.69, 9.17) is 4.74 Å². The van der Waals surface area contributed by atoms with Crippen molar-refractivity contribution in [3.05, 3.63) is 0 Å². The third-order valence-corrected chi connectivity index (χ3v) is 5.74. The van der Waals surface area contributed by atoms with E-state index in [0.717, 1.165) is 51.4 Å². The highest BCUT2D eigenvalue weighted by Gasteiger charge is 2.37. The average Bonchev–Trinajstić information content (AvgIpc) is 2.55. The van der Waals surface area contributed by atoms with Crippen molar-refractivity contribution in [3.63, 3.8) is 0 Å². The fourth-order valence-electron chi connectivity index (χ4n) is 4.38. The van der Waals surface area contributed by atoms with Gasteiger partial charge < -0.3 is 15.0 Å². The van der Waals surface area contributed by atoms with Gasteiger partial charge in [-0.25, -0.2) is 0 Å². The molecule has 1 saturated carbocycles. The molecule has 3 fully saturated rings. The molecular formula is C17H31ClN2O2. The summed E-state index contributed by atoms with van der Waals surface area (Å²) >= 11 is 0. The van der Waals surface area contributed by atoms with E-state index < -0.39 is 0 Å². The van der Waals surface area contributed by atoms with Crippen LogP contribution in [-0.2, 0) is 9.53 Å². The van der Waals surface area contributed by atoms with Gasteiger partial charge in [0.1, 0.15) is 0 Å². The third-order valence-electron chi connectivity index (χ3n) is 5.74. The number of carbonyl (C=O) groups excluding carboxylic acids is 1. The summed E-state index contributed by atoms with van der Waals surface area (Å²) in [5, 5.41) is 3.41. The van der Waals surface area contributed by atoms with Crippen LogP contribution in [0.15, 0.2) is 0 Å². The lowest BCUT2D eigenvalue weighted by Gasteiger charge is -2.44. The van der Waals surface area contributed by atoms with Crippen LogP contribution in [0.1, 0.15) is 51.9 Å². The van der Waals surface area contributed by atoms with Crippen LogP contribution < -0.4 is 5.32 Å². The number of nitrogens with one attached hydrogen (secondary N) is 1. The Hall–Kier alpha value is -0.320. The van der Waals surface area contributed by atoms with Crippen molar-refractivity contribution in [1.82, 2.24) is 10.2 Å². The molecule has 22 heavy (non-hydrogen) atoms. The van der Waals surface area contributed by atoms with Gasteiger partial charge in [-0.1, -0.05) is 19.8 Å². The summed E-state index contributed by atoms with van der Waals surface area (Å²) in [5.74, 6) is 1.61. The smallest absolute Gasteiger partial charge is 0.223 e. The van der Waals surface area contributed by atoms with Gasteiger partial charge in [0.15, 0.2) is 0 Å². The van der Waals surface area contributed by atoms with Gasteiger partial charge >= 0.3 is 0 Å². The summed E-state index contributed by atoms with van der Waals surface area (Å²) in [7, 11) is 0. The average molecular weight is 331 g/mol. The van der Waals surface area contributed by atoms with Crippen molar-refractivity contribution in [1.29, 1.82) is 0 Å². The Bertz CT molecular complexity index is 359. The number of amides is 1. The molecule has 2 aliphatic heterocycles. The van der Waals surface area contributed by atoms with Gasteiger partial charge in [-0.05, 0) is 50.6 Å². The maximum atomic E-state index is 12.8. The number of ether oxygens (including phenoxy) is 1. The Labute approximate surface area is 140 Å². The van der Waals surface area contributed by atoms with E-state index in [1.807, 2.05) is 0 Å². The summed E-state index contributed by atoms with van der Waals surface area (Å²) in [6.45, 7) is 6.04. The minimum Gasteiger partial charge on any atom is -0.374 e. The molecule has 3 aliphatic rings. The minimum absolute atomic E-state index is 0. The Morgan fingerprint density at radius 1 is 1.23 bits per heavy atom. The highest BCUT2D eigenvalue weighted by Crippen LogP contribution is 2.31. The molecule has 0 aromatic rings. The number of piperidine rings is 1. The van der Waals surface area contributed by atoms with Crippen LogP contribution in [-0.4, -0.2) is 49.2 Å². The van der Waals surface area contributed by atoms with Gasteiger partial charge in [-0.3, -0.25) is 4.79 Å². The zero-order valence-corrected chi connectivity index (χ0v) is 14.6. The number of carbonyl (C=O) groups is 1. The maximum Gasteiger partial charge on any atom is 0.223 e. The number of fused-ring (bicyclic) bond motifs is 1. The zero-order chi connectivity index (χ0) is 14.7. The lowest BCUT2D eigenvalue weighted by atomic mass is 9.83. The van der Waals surface area contributed by atoms with Crippen molar-refractivity contribution in [2.75, 3.05) is 26.2 Å². The maximum absolute atomic E-state index is 12.8. The number of halogens is 1. The number of rotatable bonds is 3. The van der Waals surface area contributed by atoms with Crippen molar-refractivity contribution < 1.29 is 9.53 Å². The predicted molar refractivity (Wildman–Crippen MR) is 90.3 cm³/mol. The lowest BCUT2D eigenvalue weighted by Crippen LogP contribution is -2.55. The Kier molecular flexibility index (Phi) is 6.97. The number of nitrogens with zero attached hydrogens (tertiary/aromatic N) is 1. The van der Waals surface area contributed by atoms with Crippen molar-refractivity contribution in [2.24, 2.45) is 11.8 Å². The summed E-state index contributed by atoms with van der Waals surface area (Å²) in [6, 6.07) is 0.361. The Morgan fingerprint density at radius 2 is 1.95 bits per heavy atom. The summed E-state index contributed by atoms with van der Waals surface area (Å²) in [4.78, 5) is 14.9. The molecule has 0 aromatic carbocycles. The van der Waals surface area contributed by atoms with E-state index in [1.165, 1.54) is 25.7 Å².